The highest BCUT2D eigenvalue weighted by Gasteiger charge is 2.22. The number of hydrogen-bond donors (Lipinski definition) is 0. The van der Waals surface area contributed by atoms with Crippen molar-refractivity contribution >= 4 is 11.8 Å². The lowest BCUT2D eigenvalue weighted by atomic mass is 9.81. The molecular formula is C14H22S. The van der Waals surface area contributed by atoms with Crippen LogP contribution >= 0.6 is 11.8 Å². The topological polar surface area (TPSA) is 0 Å². The highest BCUT2D eigenvalue weighted by Crippen LogP contribution is 2.35. The van der Waals surface area contributed by atoms with Gasteiger partial charge in [0.25, 0.3) is 0 Å². The fourth-order valence-corrected chi connectivity index (χ4v) is 1.92. The minimum atomic E-state index is 0.155. The van der Waals surface area contributed by atoms with Gasteiger partial charge in [-0.2, -0.15) is 11.8 Å². The Labute approximate surface area is 98.5 Å². The van der Waals surface area contributed by atoms with E-state index in [1.54, 1.807) is 0 Å². The lowest BCUT2D eigenvalue weighted by molar-refractivity contribution is 0.440. The number of thioether (sulfide) groups is 1. The van der Waals surface area contributed by atoms with Crippen LogP contribution in [0.4, 0.5) is 0 Å². The van der Waals surface area contributed by atoms with Crippen molar-refractivity contribution in [2.75, 3.05) is 6.26 Å². The van der Waals surface area contributed by atoms with Crippen LogP contribution in [0.5, 0.6) is 0 Å². The quantitative estimate of drug-likeness (QED) is 0.672. The molecule has 15 heavy (non-hydrogen) atoms. The molecule has 1 heteroatoms. The SMILES string of the molecule is CCC(C)(C)C1=CC=CC(C)(SC)C=C1. The molecule has 0 aliphatic heterocycles. The van der Waals surface area contributed by atoms with E-state index in [0.29, 0.717) is 0 Å². The fraction of sp³-hybridized carbons (Fsp3) is 0.571. The molecule has 0 saturated carbocycles. The molecule has 1 rings (SSSR count). The van der Waals surface area contributed by atoms with Gasteiger partial charge < -0.3 is 0 Å². The summed E-state index contributed by atoms with van der Waals surface area (Å²) in [6, 6.07) is 0. The van der Waals surface area contributed by atoms with Crippen molar-refractivity contribution in [3.8, 4) is 0 Å². The number of rotatable bonds is 3. The molecule has 84 valence electrons. The molecule has 0 aromatic carbocycles. The van der Waals surface area contributed by atoms with Crippen molar-refractivity contribution < 1.29 is 0 Å². The Hall–Kier alpha value is -0.430. The summed E-state index contributed by atoms with van der Waals surface area (Å²) in [6.07, 6.45) is 14.7. The zero-order valence-electron chi connectivity index (χ0n) is 10.5. The number of allylic oxidation sites excluding steroid dienone is 4. The molecule has 0 fully saturated rings. The first-order valence-electron chi connectivity index (χ1n) is 5.58. The zero-order chi connectivity index (χ0) is 11.5. The zero-order valence-corrected chi connectivity index (χ0v) is 11.3. The summed E-state index contributed by atoms with van der Waals surface area (Å²) in [7, 11) is 0. The van der Waals surface area contributed by atoms with E-state index in [4.69, 9.17) is 0 Å². The summed E-state index contributed by atoms with van der Waals surface area (Å²) < 4.78 is 0.155. The van der Waals surface area contributed by atoms with Gasteiger partial charge in [0.1, 0.15) is 0 Å². The van der Waals surface area contributed by atoms with Gasteiger partial charge in [-0.25, -0.2) is 0 Å². The Kier molecular flexibility index (Phi) is 3.88. The van der Waals surface area contributed by atoms with Crippen LogP contribution in [0.1, 0.15) is 34.1 Å². The van der Waals surface area contributed by atoms with Crippen LogP contribution in [0.25, 0.3) is 0 Å². The minimum Gasteiger partial charge on any atom is -0.150 e. The van der Waals surface area contributed by atoms with Gasteiger partial charge in [0.05, 0.1) is 0 Å². The Morgan fingerprint density at radius 1 is 1.33 bits per heavy atom. The van der Waals surface area contributed by atoms with Gasteiger partial charge in [-0.3, -0.25) is 0 Å². The third kappa shape index (κ3) is 3.01. The molecule has 0 aromatic rings. The average molecular weight is 222 g/mol. The van der Waals surface area contributed by atoms with Gasteiger partial charge in [-0.15, -0.1) is 0 Å². The van der Waals surface area contributed by atoms with E-state index in [9.17, 15) is 0 Å². The monoisotopic (exact) mass is 222 g/mol. The molecular weight excluding hydrogens is 200 g/mol. The minimum absolute atomic E-state index is 0.155. The molecule has 0 amide bonds. The average Bonchev–Trinajstić information content (AvgIpc) is 2.41. The molecule has 0 radical (unpaired) electrons. The molecule has 1 atom stereocenters. The molecule has 1 aliphatic rings. The second-order valence-corrected chi connectivity index (χ2v) is 6.23. The van der Waals surface area contributed by atoms with E-state index in [1.807, 2.05) is 11.8 Å². The van der Waals surface area contributed by atoms with Crippen LogP contribution in [0.3, 0.4) is 0 Å². The number of hydrogen-bond acceptors (Lipinski definition) is 1. The predicted octanol–water partition coefficient (Wildman–Crippen LogP) is 4.60. The molecule has 1 aliphatic carbocycles. The van der Waals surface area contributed by atoms with Gasteiger partial charge >= 0.3 is 0 Å². The first-order chi connectivity index (χ1) is 6.93. The largest absolute Gasteiger partial charge is 0.150 e. The molecule has 0 spiro atoms. The molecule has 0 aromatic heterocycles. The van der Waals surface area contributed by atoms with Crippen molar-refractivity contribution in [3.63, 3.8) is 0 Å². The molecule has 0 bridgehead atoms. The van der Waals surface area contributed by atoms with Crippen LogP contribution < -0.4 is 0 Å². The van der Waals surface area contributed by atoms with E-state index in [0.717, 1.165) is 0 Å². The molecule has 0 saturated heterocycles. The van der Waals surface area contributed by atoms with Gasteiger partial charge in [0.15, 0.2) is 0 Å². The van der Waals surface area contributed by atoms with Gasteiger partial charge in [-0.1, -0.05) is 51.2 Å². The normalized spacial score (nSPS) is 26.3. The van der Waals surface area contributed by atoms with E-state index in [-0.39, 0.29) is 10.2 Å². The highest BCUT2D eigenvalue weighted by molar-refractivity contribution is 8.00. The summed E-state index contributed by atoms with van der Waals surface area (Å²) in [5, 5.41) is 0. The van der Waals surface area contributed by atoms with Crippen LogP contribution in [0.15, 0.2) is 36.0 Å². The summed E-state index contributed by atoms with van der Waals surface area (Å²) in [5.74, 6) is 0. The summed E-state index contributed by atoms with van der Waals surface area (Å²) in [6.45, 7) is 9.11. The molecule has 1 unspecified atom stereocenters. The molecule has 0 nitrogen and oxygen atoms in total. The van der Waals surface area contributed by atoms with Crippen molar-refractivity contribution in [2.45, 2.75) is 38.9 Å². The van der Waals surface area contributed by atoms with Crippen LogP contribution in [-0.4, -0.2) is 11.0 Å². The fourth-order valence-electron chi connectivity index (χ4n) is 1.50. The maximum atomic E-state index is 2.31. The maximum absolute atomic E-state index is 2.31. The molecule has 0 N–H and O–H groups in total. The van der Waals surface area contributed by atoms with E-state index < -0.39 is 0 Å². The lowest BCUT2D eigenvalue weighted by Crippen LogP contribution is -2.13. The van der Waals surface area contributed by atoms with E-state index in [1.165, 1.54) is 12.0 Å². The van der Waals surface area contributed by atoms with Crippen molar-refractivity contribution in [1.29, 1.82) is 0 Å². The van der Waals surface area contributed by atoms with Crippen LogP contribution in [-0.2, 0) is 0 Å². The first-order valence-corrected chi connectivity index (χ1v) is 6.80. The summed E-state index contributed by atoms with van der Waals surface area (Å²) in [4.78, 5) is 0. The van der Waals surface area contributed by atoms with Crippen LogP contribution in [0, 0.1) is 5.41 Å². The lowest BCUT2D eigenvalue weighted by Gasteiger charge is -2.24. The standard InChI is InChI=1S/C14H22S/c1-6-13(2,3)12-8-7-10-14(4,15-5)11-9-12/h7-11H,6H2,1-5H3. The Balaban J connectivity index is 2.96. The van der Waals surface area contributed by atoms with Crippen molar-refractivity contribution in [3.05, 3.63) is 36.0 Å². The third-order valence-corrected chi connectivity index (χ3v) is 4.55. The van der Waals surface area contributed by atoms with Gasteiger partial charge in [0.2, 0.25) is 0 Å². The van der Waals surface area contributed by atoms with E-state index >= 15 is 0 Å². The first kappa shape index (κ1) is 12.6. The van der Waals surface area contributed by atoms with E-state index in [2.05, 4.69) is 64.3 Å². The van der Waals surface area contributed by atoms with Crippen molar-refractivity contribution in [1.82, 2.24) is 0 Å². The molecule has 0 heterocycles. The summed E-state index contributed by atoms with van der Waals surface area (Å²) >= 11 is 1.87. The smallest absolute Gasteiger partial charge is 0.0493 e. The van der Waals surface area contributed by atoms with Crippen molar-refractivity contribution in [2.24, 2.45) is 5.41 Å². The highest BCUT2D eigenvalue weighted by atomic mass is 32.2. The van der Waals surface area contributed by atoms with Crippen LogP contribution in [0.2, 0.25) is 0 Å². The van der Waals surface area contributed by atoms with Gasteiger partial charge in [0, 0.05) is 4.75 Å². The Morgan fingerprint density at radius 2 is 2.00 bits per heavy atom. The predicted molar refractivity (Wildman–Crippen MR) is 72.4 cm³/mol. The Morgan fingerprint density at radius 3 is 2.53 bits per heavy atom. The van der Waals surface area contributed by atoms with Gasteiger partial charge in [-0.05, 0) is 30.6 Å². The maximum Gasteiger partial charge on any atom is 0.0493 e. The Bertz CT molecular complexity index is 307. The third-order valence-electron chi connectivity index (χ3n) is 3.40. The second kappa shape index (κ2) is 4.61. The summed E-state index contributed by atoms with van der Waals surface area (Å²) in [5.41, 5.74) is 1.71. The second-order valence-electron chi connectivity index (χ2n) is 4.94.